The number of ether oxygens (including phenoxy) is 1. The number of carbonyl (C=O) groups excluding carboxylic acids is 1. The molecule has 0 amide bonds. The maximum Gasteiger partial charge on any atom is 0.311 e. The fourth-order valence-electron chi connectivity index (χ4n) is 2.48. The molecule has 1 aromatic carbocycles. The zero-order chi connectivity index (χ0) is 16.9. The zero-order valence-electron chi connectivity index (χ0n) is 14.9. The Bertz CT molecular complexity index is 437. The van der Waals surface area contributed by atoms with Crippen LogP contribution in [-0.4, -0.2) is 24.7 Å². The van der Waals surface area contributed by atoms with E-state index < -0.39 is 6.10 Å². The Hall–Kier alpha value is -1.10. The summed E-state index contributed by atoms with van der Waals surface area (Å²) < 4.78 is 5.32. The van der Waals surface area contributed by atoms with E-state index in [4.69, 9.17) is 4.74 Å². The smallest absolute Gasteiger partial charge is 0.311 e. The first-order valence-corrected chi connectivity index (χ1v) is 8.80. The summed E-state index contributed by atoms with van der Waals surface area (Å²) in [6, 6.07) is 7.05. The fraction of sp³-hybridized carbons (Fsp3) is 0.632. The summed E-state index contributed by atoms with van der Waals surface area (Å²) in [5.41, 5.74) is 0.811. The first kappa shape index (κ1) is 22.9. The Morgan fingerprint density at radius 3 is 2.25 bits per heavy atom. The number of hydrogen-bond donors (Lipinski definition) is 2. The molecule has 1 unspecified atom stereocenters. The summed E-state index contributed by atoms with van der Waals surface area (Å²) >= 11 is 0. The summed E-state index contributed by atoms with van der Waals surface area (Å²) in [6.07, 6.45) is 8.24. The molecule has 0 radical (unpaired) electrons. The molecule has 0 fully saturated rings. The molecule has 0 aromatic heterocycles. The highest BCUT2D eigenvalue weighted by molar-refractivity contribution is 5.85. The number of halogens is 1. The molecule has 0 bridgehead atoms. The first-order valence-electron chi connectivity index (χ1n) is 8.80. The van der Waals surface area contributed by atoms with Crippen molar-refractivity contribution in [1.29, 1.82) is 0 Å². The maximum atomic E-state index is 11.8. The number of rotatable bonds is 12. The molecule has 0 aliphatic heterocycles. The summed E-state index contributed by atoms with van der Waals surface area (Å²) in [7, 11) is 1.79. The van der Waals surface area contributed by atoms with E-state index in [1.807, 2.05) is 0 Å². The lowest BCUT2D eigenvalue weighted by atomic mass is 10.1. The molecule has 0 aliphatic rings. The largest absolute Gasteiger partial charge is 0.427 e. The predicted octanol–water partition coefficient (Wildman–Crippen LogP) is 4.41. The van der Waals surface area contributed by atoms with Crippen LogP contribution in [0, 0.1) is 0 Å². The minimum absolute atomic E-state index is 0. The van der Waals surface area contributed by atoms with Gasteiger partial charge < -0.3 is 15.2 Å². The predicted molar refractivity (Wildman–Crippen MR) is 101 cm³/mol. The Balaban J connectivity index is 0.00000529. The maximum absolute atomic E-state index is 11.8. The number of aliphatic hydroxyl groups is 1. The van der Waals surface area contributed by atoms with Crippen LogP contribution in [0.1, 0.15) is 70.0 Å². The van der Waals surface area contributed by atoms with E-state index >= 15 is 0 Å². The van der Waals surface area contributed by atoms with Gasteiger partial charge in [-0.15, -0.1) is 12.4 Å². The van der Waals surface area contributed by atoms with Crippen molar-refractivity contribution in [3.63, 3.8) is 0 Å². The van der Waals surface area contributed by atoms with E-state index in [-0.39, 0.29) is 18.4 Å². The van der Waals surface area contributed by atoms with Crippen LogP contribution in [0.5, 0.6) is 5.75 Å². The molecular weight excluding hydrogens is 326 g/mol. The van der Waals surface area contributed by atoms with Gasteiger partial charge in [-0.1, -0.05) is 57.6 Å². The highest BCUT2D eigenvalue weighted by atomic mass is 35.5. The summed E-state index contributed by atoms with van der Waals surface area (Å²) in [5.74, 6) is 0.362. The summed E-state index contributed by atoms with van der Waals surface area (Å²) in [5, 5.41) is 12.8. The Morgan fingerprint density at radius 2 is 1.67 bits per heavy atom. The molecule has 2 N–H and O–H groups in total. The third kappa shape index (κ3) is 9.91. The lowest BCUT2D eigenvalue weighted by Crippen LogP contribution is -2.16. The molecule has 0 aliphatic carbocycles. The van der Waals surface area contributed by atoms with E-state index in [0.29, 0.717) is 18.7 Å². The van der Waals surface area contributed by atoms with Gasteiger partial charge in [0.15, 0.2) is 0 Å². The molecule has 0 saturated heterocycles. The number of nitrogens with one attached hydrogen (secondary N) is 1. The topological polar surface area (TPSA) is 58.6 Å². The van der Waals surface area contributed by atoms with E-state index in [9.17, 15) is 9.90 Å². The molecule has 0 heterocycles. The molecule has 5 heteroatoms. The third-order valence-electron chi connectivity index (χ3n) is 3.88. The lowest BCUT2D eigenvalue weighted by Gasteiger charge is -2.11. The molecule has 4 nitrogen and oxygen atoms in total. The number of likely N-dealkylation sites (N-methyl/N-ethyl adjacent to an activating group) is 1. The molecule has 1 atom stereocenters. The number of aliphatic hydroxyl groups excluding tert-OH is 1. The molecule has 1 rings (SSSR count). The van der Waals surface area contributed by atoms with E-state index in [1.165, 1.54) is 32.1 Å². The van der Waals surface area contributed by atoms with Gasteiger partial charge in [-0.2, -0.15) is 0 Å². The molecule has 0 saturated carbocycles. The molecule has 138 valence electrons. The van der Waals surface area contributed by atoms with Crippen LogP contribution in [0.25, 0.3) is 0 Å². The number of carbonyl (C=O) groups is 1. The van der Waals surface area contributed by atoms with Crippen LogP contribution in [0.2, 0.25) is 0 Å². The quantitative estimate of drug-likeness (QED) is 0.330. The van der Waals surface area contributed by atoms with Gasteiger partial charge >= 0.3 is 5.97 Å². The highest BCUT2D eigenvalue weighted by Gasteiger charge is 2.08. The van der Waals surface area contributed by atoms with Crippen LogP contribution in [0.4, 0.5) is 0 Å². The Kier molecular flexibility index (Phi) is 13.6. The zero-order valence-corrected chi connectivity index (χ0v) is 15.7. The van der Waals surface area contributed by atoms with Crippen molar-refractivity contribution in [3.8, 4) is 5.75 Å². The average molecular weight is 358 g/mol. The molecule has 1 aromatic rings. The normalized spacial score (nSPS) is 11.6. The van der Waals surface area contributed by atoms with Crippen LogP contribution >= 0.6 is 12.4 Å². The second kappa shape index (κ2) is 14.3. The van der Waals surface area contributed by atoms with Crippen LogP contribution in [0.15, 0.2) is 24.3 Å². The van der Waals surface area contributed by atoms with Crippen molar-refractivity contribution in [1.82, 2.24) is 5.32 Å². The van der Waals surface area contributed by atoms with Gasteiger partial charge in [-0.25, -0.2) is 0 Å². The van der Waals surface area contributed by atoms with Gasteiger partial charge in [0.25, 0.3) is 0 Å². The van der Waals surface area contributed by atoms with E-state index in [0.717, 1.165) is 18.4 Å². The molecule has 0 spiro atoms. The summed E-state index contributed by atoms with van der Waals surface area (Å²) in [4.78, 5) is 11.8. The van der Waals surface area contributed by atoms with E-state index in [1.54, 1.807) is 31.3 Å². The van der Waals surface area contributed by atoms with E-state index in [2.05, 4.69) is 12.2 Å². The second-order valence-electron chi connectivity index (χ2n) is 5.99. The van der Waals surface area contributed by atoms with Gasteiger partial charge in [-0.3, -0.25) is 4.79 Å². The van der Waals surface area contributed by atoms with Crippen LogP contribution < -0.4 is 10.1 Å². The highest BCUT2D eigenvalue weighted by Crippen LogP contribution is 2.18. The van der Waals surface area contributed by atoms with Crippen molar-refractivity contribution in [3.05, 3.63) is 29.8 Å². The fourth-order valence-corrected chi connectivity index (χ4v) is 2.48. The van der Waals surface area contributed by atoms with Crippen LogP contribution in [-0.2, 0) is 4.79 Å². The van der Waals surface area contributed by atoms with Gasteiger partial charge in [0, 0.05) is 13.0 Å². The Morgan fingerprint density at radius 1 is 1.08 bits per heavy atom. The van der Waals surface area contributed by atoms with Gasteiger partial charge in [-0.05, 0) is 31.2 Å². The minimum atomic E-state index is -0.544. The van der Waals surface area contributed by atoms with Crippen molar-refractivity contribution in [2.45, 2.75) is 64.4 Å². The molecular formula is C19H32ClNO3. The SMILES string of the molecule is CCCCCCCCCC(=O)Oc1ccc(C(O)CNC)cc1.Cl. The number of hydrogen-bond acceptors (Lipinski definition) is 4. The average Bonchev–Trinajstić information content (AvgIpc) is 2.55. The lowest BCUT2D eigenvalue weighted by molar-refractivity contribution is -0.134. The standard InChI is InChI=1S/C19H31NO3.ClH/c1-3-4-5-6-7-8-9-10-19(22)23-17-13-11-16(12-14-17)18(21)15-20-2;/h11-14,18,20-21H,3-10,15H2,1-2H3;1H. The number of unbranched alkanes of at least 4 members (excludes halogenated alkanes) is 6. The molecule has 24 heavy (non-hydrogen) atoms. The summed E-state index contributed by atoms with van der Waals surface area (Å²) in [6.45, 7) is 2.71. The van der Waals surface area contributed by atoms with Gasteiger partial charge in [0.2, 0.25) is 0 Å². The Labute approximate surface area is 152 Å². The second-order valence-corrected chi connectivity index (χ2v) is 5.99. The number of benzene rings is 1. The van der Waals surface area contributed by atoms with Crippen molar-refractivity contribution in [2.24, 2.45) is 0 Å². The van der Waals surface area contributed by atoms with Crippen molar-refractivity contribution >= 4 is 18.4 Å². The van der Waals surface area contributed by atoms with Gasteiger partial charge in [0.05, 0.1) is 6.10 Å². The van der Waals surface area contributed by atoms with Gasteiger partial charge in [0.1, 0.15) is 5.75 Å². The first-order chi connectivity index (χ1) is 11.2. The monoisotopic (exact) mass is 357 g/mol. The van der Waals surface area contributed by atoms with Crippen molar-refractivity contribution in [2.75, 3.05) is 13.6 Å². The van der Waals surface area contributed by atoms with Crippen LogP contribution in [0.3, 0.4) is 0 Å². The number of esters is 1. The van der Waals surface area contributed by atoms with Crippen molar-refractivity contribution < 1.29 is 14.6 Å². The minimum Gasteiger partial charge on any atom is -0.427 e. The third-order valence-corrected chi connectivity index (χ3v) is 3.88.